The van der Waals surface area contributed by atoms with E-state index in [9.17, 15) is 0 Å². The third-order valence-electron chi connectivity index (χ3n) is 0. The van der Waals surface area contributed by atoms with Gasteiger partial charge in [0.05, 0.1) is 0 Å². The van der Waals surface area contributed by atoms with Gasteiger partial charge < -0.3 is 25.8 Å². The number of hydrogen-bond donors (Lipinski definition) is 0. The van der Waals surface area contributed by atoms with Gasteiger partial charge in [-0.05, 0) is 0 Å². The van der Waals surface area contributed by atoms with Crippen molar-refractivity contribution >= 4 is 6.79 Å². The molecule has 0 saturated carbocycles. The quantitative estimate of drug-likeness (QED) is 0.279. The number of nitrogens with zero attached hydrogens (tertiary/aromatic N) is 2. The fourth-order valence-corrected chi connectivity index (χ4v) is 0. The summed E-state index contributed by atoms with van der Waals surface area (Å²) in [4.78, 5) is 22.2. The molecule has 6 heteroatoms. The third kappa shape index (κ3) is 166. The van der Waals surface area contributed by atoms with Crippen molar-refractivity contribution < 1.29 is 21.9 Å². The van der Waals surface area contributed by atoms with E-state index in [0.717, 1.165) is 0 Å². The third-order valence-corrected chi connectivity index (χ3v) is 0. The molecule has 0 aliphatic rings. The van der Waals surface area contributed by atoms with Crippen molar-refractivity contribution in [2.45, 2.75) is 0 Å². The SMILES string of the molecule is [CH-]=O.[Fe+3].[N-]=O.[N-]=O. The van der Waals surface area contributed by atoms with Gasteiger partial charge in [0.1, 0.15) is 0 Å². The molecule has 0 aromatic rings. The molecule has 0 saturated heterocycles. The number of rotatable bonds is 0. The van der Waals surface area contributed by atoms with Crippen LogP contribution in [0.25, 0.3) is 11.2 Å². The Morgan fingerprint density at radius 3 is 0.857 bits per heavy atom. The first-order valence-corrected chi connectivity index (χ1v) is 0.601. The molecule has 0 fully saturated rings. The first-order valence-electron chi connectivity index (χ1n) is 0.601. The van der Waals surface area contributed by atoms with Crippen LogP contribution in [0, 0.1) is 9.81 Å². The summed E-state index contributed by atoms with van der Waals surface area (Å²) in [6.45, 7) is 3.25. The zero-order valence-electron chi connectivity index (χ0n) is 3.05. The van der Waals surface area contributed by atoms with Gasteiger partial charge in [-0.1, -0.05) is 0 Å². The predicted molar refractivity (Wildman–Crippen MR) is 20.2 cm³/mol. The standard InChI is InChI=1S/CHO.Fe.2NO/c1-2;;2*1-2/h1H;;;/q-1;+3;2*-1. The maximum absolute atomic E-state index is 7.75. The van der Waals surface area contributed by atoms with Gasteiger partial charge in [0.25, 0.3) is 0 Å². The minimum absolute atomic E-state index is 0. The Balaban J connectivity index is -0.00000000900. The molecule has 41 valence electrons. The van der Waals surface area contributed by atoms with Crippen LogP contribution in [0.4, 0.5) is 0 Å². The zero-order valence-corrected chi connectivity index (χ0v) is 4.15. The molecule has 0 heterocycles. The molecule has 0 bridgehead atoms. The van der Waals surface area contributed by atoms with Crippen LogP contribution in [0.3, 0.4) is 0 Å². The smallest absolute Gasteiger partial charge is 0.577 e. The first kappa shape index (κ1) is 32.5. The molecule has 0 atom stereocenters. The minimum atomic E-state index is 0. The molecular weight excluding hydrogens is 144 g/mol. The second-order valence-corrected chi connectivity index (χ2v) is 0. The average Bonchev–Trinajstić information content (AvgIpc) is 1.81. The van der Waals surface area contributed by atoms with Gasteiger partial charge in [-0.25, -0.2) is 0 Å². The molecule has 1 radical (unpaired) electrons. The summed E-state index contributed by atoms with van der Waals surface area (Å²) < 4.78 is 0. The van der Waals surface area contributed by atoms with Gasteiger partial charge in [-0.15, -0.1) is 0 Å². The fourth-order valence-electron chi connectivity index (χ4n) is 0. The number of hydrogen-bond acceptors (Lipinski definition) is 3. The van der Waals surface area contributed by atoms with Gasteiger partial charge in [-0.3, -0.25) is 6.79 Å². The number of nitroso groups, excluding NO2 is 2. The van der Waals surface area contributed by atoms with Crippen LogP contribution in [0.2, 0.25) is 0 Å². The Bertz CT molecular complexity index is 17.7. The first-order chi connectivity index (χ1) is 3.00. The Labute approximate surface area is 50.5 Å². The summed E-state index contributed by atoms with van der Waals surface area (Å²) in [5, 5.41) is 0. The molecule has 0 amide bonds. The van der Waals surface area contributed by atoms with E-state index in [2.05, 4.69) is 6.79 Å². The fraction of sp³-hybridized carbons (Fsp3) is 0. The van der Waals surface area contributed by atoms with Crippen molar-refractivity contribution in [3.05, 3.63) is 21.0 Å². The summed E-state index contributed by atoms with van der Waals surface area (Å²) in [6, 6.07) is 0. The van der Waals surface area contributed by atoms with Crippen LogP contribution in [0.5, 0.6) is 0 Å². The second kappa shape index (κ2) is 279. The molecule has 0 unspecified atom stereocenters. The Kier molecular flexibility index (Phi) is 1290. The van der Waals surface area contributed by atoms with E-state index >= 15 is 0 Å². The molecule has 0 spiro atoms. The average molecular weight is 145 g/mol. The van der Waals surface area contributed by atoms with Gasteiger partial charge in [0.15, 0.2) is 0 Å². The van der Waals surface area contributed by atoms with Gasteiger partial charge in [0.2, 0.25) is 0 Å². The molecular formula is CHFeN2O3. The van der Waals surface area contributed by atoms with Gasteiger partial charge >= 0.3 is 17.1 Å². The van der Waals surface area contributed by atoms with Crippen LogP contribution >= 0.6 is 0 Å². The summed E-state index contributed by atoms with van der Waals surface area (Å²) in [6.07, 6.45) is 0. The van der Waals surface area contributed by atoms with E-state index in [1.165, 1.54) is 0 Å². The molecule has 0 aromatic heterocycles. The van der Waals surface area contributed by atoms with Gasteiger partial charge in [-0.2, -0.15) is 0 Å². The molecule has 5 nitrogen and oxygen atoms in total. The van der Waals surface area contributed by atoms with Crippen molar-refractivity contribution in [1.82, 2.24) is 0 Å². The van der Waals surface area contributed by atoms with Crippen LogP contribution in [-0.2, 0) is 21.9 Å². The monoisotopic (exact) mass is 145 g/mol. The largest absolute Gasteiger partial charge is 3.00 e. The zero-order chi connectivity index (χ0) is 6.00. The molecule has 0 aliphatic heterocycles. The van der Waals surface area contributed by atoms with Crippen molar-refractivity contribution in [2.24, 2.45) is 0 Å². The molecule has 0 aromatic carbocycles. The van der Waals surface area contributed by atoms with Crippen molar-refractivity contribution in [3.63, 3.8) is 0 Å². The predicted octanol–water partition coefficient (Wildman–Crippen LogP) is 0.368. The van der Waals surface area contributed by atoms with E-state index in [1.54, 1.807) is 0 Å². The van der Waals surface area contributed by atoms with E-state index in [0.29, 0.717) is 0 Å². The molecule has 7 heavy (non-hydrogen) atoms. The molecule has 0 aliphatic carbocycles. The van der Waals surface area contributed by atoms with Crippen LogP contribution in [-0.4, -0.2) is 6.79 Å². The van der Waals surface area contributed by atoms with E-state index in [1.807, 2.05) is 0 Å². The van der Waals surface area contributed by atoms with Crippen molar-refractivity contribution in [3.8, 4) is 0 Å². The van der Waals surface area contributed by atoms with Crippen LogP contribution in [0.1, 0.15) is 0 Å². The summed E-state index contributed by atoms with van der Waals surface area (Å²) >= 11 is 0. The Morgan fingerprint density at radius 2 is 0.857 bits per heavy atom. The van der Waals surface area contributed by atoms with Crippen molar-refractivity contribution in [1.29, 1.82) is 0 Å². The summed E-state index contributed by atoms with van der Waals surface area (Å²) in [7, 11) is 0. The number of carbonyl (C=O) groups excluding carboxylic acids is 1. The van der Waals surface area contributed by atoms with Crippen LogP contribution in [0.15, 0.2) is 0 Å². The minimum Gasteiger partial charge on any atom is -0.577 e. The topological polar surface area (TPSA) is 95.8 Å². The van der Waals surface area contributed by atoms with Crippen molar-refractivity contribution in [2.75, 3.05) is 0 Å². The summed E-state index contributed by atoms with van der Waals surface area (Å²) in [5.74, 6) is 0. The maximum Gasteiger partial charge on any atom is 3.00 e. The van der Waals surface area contributed by atoms with E-state index in [-0.39, 0.29) is 17.1 Å². The van der Waals surface area contributed by atoms with Crippen LogP contribution < -0.4 is 0 Å². The summed E-state index contributed by atoms with van der Waals surface area (Å²) in [5.41, 5.74) is 11.5. The maximum atomic E-state index is 7.75. The van der Waals surface area contributed by atoms with Gasteiger partial charge in [0, 0.05) is 0 Å². The molecule has 0 rings (SSSR count). The Morgan fingerprint density at radius 1 is 0.857 bits per heavy atom. The second-order valence-electron chi connectivity index (χ2n) is 0. The van der Waals surface area contributed by atoms with E-state index < -0.39 is 0 Å². The van der Waals surface area contributed by atoms with E-state index in [4.69, 9.17) is 25.8 Å². The molecule has 0 N–H and O–H groups in total. The Hall–Kier alpha value is -0.611. The normalized spacial score (nSPS) is 1.71.